The standard InChI is InChI=1S/C33H26Br2N2O5/c1-20-8-4-6-10-27(20)36-31(38)25(32(39)37(33(36)40)28-11-7-5-9-21(28)2)16-23-17-26(35)30(29(18-23)41-3)42-19-22-12-14-24(34)15-13-22/h4-18H,19H2,1-3H3. The molecule has 0 N–H and O–H groups in total. The molecule has 1 saturated heterocycles. The predicted octanol–water partition coefficient (Wildman–Crippen LogP) is 8.00. The first kappa shape index (κ1) is 29.3. The van der Waals surface area contributed by atoms with Gasteiger partial charge >= 0.3 is 6.03 Å². The lowest BCUT2D eigenvalue weighted by molar-refractivity contribution is -0.121. The molecule has 0 aliphatic carbocycles. The number of amides is 4. The Balaban J connectivity index is 1.57. The molecule has 5 rings (SSSR count). The molecule has 42 heavy (non-hydrogen) atoms. The summed E-state index contributed by atoms with van der Waals surface area (Å²) in [7, 11) is 1.51. The van der Waals surface area contributed by atoms with Crippen LogP contribution < -0.4 is 19.3 Å². The second-order valence-electron chi connectivity index (χ2n) is 9.64. The van der Waals surface area contributed by atoms with Crippen molar-refractivity contribution in [2.24, 2.45) is 0 Å². The highest BCUT2D eigenvalue weighted by Crippen LogP contribution is 2.39. The lowest BCUT2D eigenvalue weighted by atomic mass is 10.0. The number of benzene rings is 4. The minimum atomic E-state index is -0.735. The molecule has 4 amide bonds. The van der Waals surface area contributed by atoms with Crippen molar-refractivity contribution < 1.29 is 23.9 Å². The summed E-state index contributed by atoms with van der Waals surface area (Å²) in [6, 6.07) is 24.6. The zero-order valence-corrected chi connectivity index (χ0v) is 26.2. The molecular formula is C33H26Br2N2O5. The molecule has 212 valence electrons. The van der Waals surface area contributed by atoms with Gasteiger partial charge in [-0.25, -0.2) is 14.6 Å². The number of barbiturate groups is 1. The van der Waals surface area contributed by atoms with E-state index in [1.54, 1.807) is 36.4 Å². The highest BCUT2D eigenvalue weighted by Gasteiger charge is 2.44. The summed E-state index contributed by atoms with van der Waals surface area (Å²) >= 11 is 6.99. The summed E-state index contributed by atoms with van der Waals surface area (Å²) in [5, 5.41) is 0. The number of halogens is 2. The van der Waals surface area contributed by atoms with E-state index in [4.69, 9.17) is 9.47 Å². The van der Waals surface area contributed by atoms with E-state index in [2.05, 4.69) is 31.9 Å². The maximum atomic E-state index is 13.9. The van der Waals surface area contributed by atoms with Crippen LogP contribution in [0, 0.1) is 13.8 Å². The highest BCUT2D eigenvalue weighted by molar-refractivity contribution is 9.10. The van der Waals surface area contributed by atoms with Crippen molar-refractivity contribution in [3.8, 4) is 11.5 Å². The van der Waals surface area contributed by atoms with Gasteiger partial charge in [0, 0.05) is 4.47 Å². The largest absolute Gasteiger partial charge is 0.493 e. The third kappa shape index (κ3) is 5.75. The van der Waals surface area contributed by atoms with E-state index in [1.165, 1.54) is 13.2 Å². The molecule has 0 radical (unpaired) electrons. The van der Waals surface area contributed by atoms with Crippen LogP contribution >= 0.6 is 31.9 Å². The summed E-state index contributed by atoms with van der Waals surface area (Å²) in [6.07, 6.45) is 1.47. The molecule has 4 aromatic rings. The number of hydrogen-bond donors (Lipinski definition) is 0. The van der Waals surface area contributed by atoms with Crippen LogP contribution in [0.4, 0.5) is 16.2 Å². The van der Waals surface area contributed by atoms with Gasteiger partial charge in [0.25, 0.3) is 11.8 Å². The van der Waals surface area contributed by atoms with E-state index in [0.29, 0.717) is 50.6 Å². The molecule has 1 aliphatic rings. The molecule has 0 aromatic heterocycles. The zero-order chi connectivity index (χ0) is 30.0. The highest BCUT2D eigenvalue weighted by atomic mass is 79.9. The minimum Gasteiger partial charge on any atom is -0.493 e. The number of carbonyl (C=O) groups is 3. The van der Waals surface area contributed by atoms with E-state index in [0.717, 1.165) is 19.8 Å². The van der Waals surface area contributed by atoms with Crippen molar-refractivity contribution in [3.05, 3.63) is 122 Å². The van der Waals surface area contributed by atoms with Crippen molar-refractivity contribution in [3.63, 3.8) is 0 Å². The number of para-hydroxylation sites is 2. The van der Waals surface area contributed by atoms with Crippen LogP contribution in [0.25, 0.3) is 6.08 Å². The first-order chi connectivity index (χ1) is 20.2. The van der Waals surface area contributed by atoms with Crippen molar-refractivity contribution in [1.82, 2.24) is 0 Å². The van der Waals surface area contributed by atoms with Crippen molar-refractivity contribution in [2.45, 2.75) is 20.5 Å². The fourth-order valence-electron chi connectivity index (χ4n) is 4.65. The summed E-state index contributed by atoms with van der Waals surface area (Å²) < 4.78 is 13.2. The topological polar surface area (TPSA) is 76.2 Å². The van der Waals surface area contributed by atoms with Gasteiger partial charge in [0.1, 0.15) is 12.2 Å². The maximum absolute atomic E-state index is 13.9. The molecule has 0 spiro atoms. The number of carbonyl (C=O) groups excluding carboxylic acids is 3. The zero-order valence-electron chi connectivity index (χ0n) is 23.1. The van der Waals surface area contributed by atoms with Gasteiger partial charge in [-0.15, -0.1) is 0 Å². The second kappa shape index (κ2) is 12.3. The van der Waals surface area contributed by atoms with Gasteiger partial charge in [0.05, 0.1) is 23.0 Å². The number of rotatable bonds is 7. The smallest absolute Gasteiger partial charge is 0.343 e. The predicted molar refractivity (Wildman–Crippen MR) is 170 cm³/mol. The normalized spacial score (nSPS) is 13.5. The quantitative estimate of drug-likeness (QED) is 0.145. The van der Waals surface area contributed by atoms with Gasteiger partial charge in [0.15, 0.2) is 11.5 Å². The fourth-order valence-corrected chi connectivity index (χ4v) is 5.49. The second-order valence-corrected chi connectivity index (χ2v) is 11.4. The first-order valence-corrected chi connectivity index (χ1v) is 14.6. The fraction of sp³-hybridized carbons (Fsp3) is 0.121. The van der Waals surface area contributed by atoms with Crippen molar-refractivity contribution in [1.29, 1.82) is 0 Å². The van der Waals surface area contributed by atoms with Gasteiger partial charge < -0.3 is 9.47 Å². The van der Waals surface area contributed by atoms with E-state index in [9.17, 15) is 14.4 Å². The number of ether oxygens (including phenoxy) is 2. The molecule has 9 heteroatoms. The third-order valence-corrected chi connectivity index (χ3v) is 7.94. The van der Waals surface area contributed by atoms with Crippen LogP contribution in [-0.4, -0.2) is 25.0 Å². The van der Waals surface area contributed by atoms with Crippen molar-refractivity contribution >= 4 is 67.2 Å². The number of urea groups is 1. The van der Waals surface area contributed by atoms with E-state index >= 15 is 0 Å². The van der Waals surface area contributed by atoms with Gasteiger partial charge in [0.2, 0.25) is 0 Å². The van der Waals surface area contributed by atoms with E-state index in [-0.39, 0.29) is 5.57 Å². The minimum absolute atomic E-state index is 0.168. The molecular weight excluding hydrogens is 664 g/mol. The molecule has 0 bridgehead atoms. The third-order valence-electron chi connectivity index (χ3n) is 6.82. The molecule has 1 aliphatic heterocycles. The number of nitrogens with zero attached hydrogens (tertiary/aromatic N) is 2. The summed E-state index contributed by atoms with van der Waals surface area (Å²) in [5.74, 6) is -0.543. The monoisotopic (exact) mass is 688 g/mol. The van der Waals surface area contributed by atoms with Crippen LogP contribution in [0.3, 0.4) is 0 Å². The summed E-state index contributed by atoms with van der Waals surface area (Å²) in [5.41, 5.74) is 3.55. The molecule has 4 aromatic carbocycles. The molecule has 0 atom stereocenters. The average Bonchev–Trinajstić information content (AvgIpc) is 2.97. The van der Waals surface area contributed by atoms with Crippen LogP contribution in [0.15, 0.2) is 99.4 Å². The van der Waals surface area contributed by atoms with Crippen LogP contribution in [0.1, 0.15) is 22.3 Å². The summed E-state index contributed by atoms with van der Waals surface area (Å²) in [4.78, 5) is 43.6. The lowest BCUT2D eigenvalue weighted by Gasteiger charge is -2.35. The van der Waals surface area contributed by atoms with E-state index < -0.39 is 17.8 Å². The van der Waals surface area contributed by atoms with Crippen LogP contribution in [0.2, 0.25) is 0 Å². The maximum Gasteiger partial charge on any atom is 0.343 e. The van der Waals surface area contributed by atoms with Crippen LogP contribution in [0.5, 0.6) is 11.5 Å². The number of aryl methyl sites for hydroxylation is 2. The Morgan fingerprint density at radius 3 is 1.83 bits per heavy atom. The molecule has 0 unspecified atom stereocenters. The first-order valence-electron chi connectivity index (χ1n) is 13.0. The average molecular weight is 690 g/mol. The number of anilines is 2. The van der Waals surface area contributed by atoms with Crippen LogP contribution in [-0.2, 0) is 16.2 Å². The molecule has 7 nitrogen and oxygen atoms in total. The number of hydrogen-bond acceptors (Lipinski definition) is 5. The Bertz CT molecular complexity index is 1660. The Hall–Kier alpha value is -4.21. The van der Waals surface area contributed by atoms with Gasteiger partial charge in [-0.2, -0.15) is 0 Å². The van der Waals surface area contributed by atoms with Crippen molar-refractivity contribution in [2.75, 3.05) is 16.9 Å². The lowest BCUT2D eigenvalue weighted by Crippen LogP contribution is -2.57. The molecule has 1 heterocycles. The Labute approximate surface area is 260 Å². The number of methoxy groups -OCH3 is 1. The summed E-state index contributed by atoms with van der Waals surface area (Å²) in [6.45, 7) is 3.92. The SMILES string of the molecule is COc1cc(C=C2C(=O)N(c3ccccc3C)C(=O)N(c3ccccc3C)C2=O)cc(Br)c1OCc1ccc(Br)cc1. The Morgan fingerprint density at radius 2 is 1.31 bits per heavy atom. The van der Waals surface area contributed by atoms with Gasteiger partial charge in [-0.3, -0.25) is 9.59 Å². The molecule has 1 fully saturated rings. The van der Waals surface area contributed by atoms with Gasteiger partial charge in [-0.05, 0) is 94.5 Å². The molecule has 0 saturated carbocycles. The Morgan fingerprint density at radius 1 is 0.762 bits per heavy atom. The Kier molecular flexibility index (Phi) is 8.61. The van der Waals surface area contributed by atoms with Gasteiger partial charge in [-0.1, -0.05) is 64.5 Å². The number of imide groups is 2. The van der Waals surface area contributed by atoms with E-state index in [1.807, 2.05) is 62.4 Å².